The topological polar surface area (TPSA) is 35.6 Å². The predicted molar refractivity (Wildman–Crippen MR) is 80.0 cm³/mol. The largest absolute Gasteiger partial charge is 0.325 e. The molecule has 1 heterocycles. The summed E-state index contributed by atoms with van der Waals surface area (Å²) in [7, 11) is 4.17. The Morgan fingerprint density at radius 2 is 1.95 bits per heavy atom. The zero-order valence-corrected chi connectivity index (χ0v) is 13.5. The summed E-state index contributed by atoms with van der Waals surface area (Å²) in [5, 5.41) is 3.48. The van der Waals surface area contributed by atoms with Gasteiger partial charge in [0, 0.05) is 13.1 Å². The van der Waals surface area contributed by atoms with E-state index in [-0.39, 0.29) is 23.5 Å². The van der Waals surface area contributed by atoms with Crippen molar-refractivity contribution in [3.8, 4) is 0 Å². The van der Waals surface area contributed by atoms with E-state index in [0.29, 0.717) is 0 Å². The Labute approximate surface area is 118 Å². The third-order valence-electron chi connectivity index (χ3n) is 3.66. The molecular weight excluding hydrogens is 238 g/mol. The summed E-state index contributed by atoms with van der Waals surface area (Å²) in [6.45, 7) is 10.6. The Hall–Kier alpha value is -0.610. The number of carbonyl (C=O) groups excluding carboxylic acids is 1. The lowest BCUT2D eigenvalue weighted by Crippen LogP contribution is -2.45. The lowest BCUT2D eigenvalue weighted by atomic mass is 9.91. The van der Waals surface area contributed by atoms with Gasteiger partial charge in [0.05, 0.1) is 12.2 Å². The molecule has 2 atom stereocenters. The minimum Gasteiger partial charge on any atom is -0.325 e. The molecule has 1 N–H and O–H groups in total. The molecule has 1 amide bonds. The molecule has 112 valence electrons. The molecule has 19 heavy (non-hydrogen) atoms. The van der Waals surface area contributed by atoms with Crippen LogP contribution in [0.4, 0.5) is 0 Å². The zero-order valence-electron chi connectivity index (χ0n) is 13.5. The van der Waals surface area contributed by atoms with Crippen LogP contribution in [0.5, 0.6) is 0 Å². The van der Waals surface area contributed by atoms with Crippen molar-refractivity contribution in [2.24, 2.45) is 5.41 Å². The van der Waals surface area contributed by atoms with Crippen LogP contribution < -0.4 is 5.32 Å². The molecule has 0 radical (unpaired) electrons. The summed E-state index contributed by atoms with van der Waals surface area (Å²) in [4.78, 5) is 16.7. The fraction of sp³-hybridized carbons (Fsp3) is 0.933. The molecule has 1 aliphatic rings. The first-order valence-corrected chi connectivity index (χ1v) is 7.52. The molecule has 0 bridgehead atoms. The molecule has 2 unspecified atom stereocenters. The number of rotatable bonds is 7. The molecule has 1 aliphatic heterocycles. The van der Waals surface area contributed by atoms with Gasteiger partial charge in [-0.2, -0.15) is 0 Å². The number of carbonyl (C=O) groups is 1. The van der Waals surface area contributed by atoms with Crippen LogP contribution in [0.3, 0.4) is 0 Å². The van der Waals surface area contributed by atoms with E-state index >= 15 is 0 Å². The van der Waals surface area contributed by atoms with Crippen molar-refractivity contribution in [1.82, 2.24) is 15.1 Å². The first-order valence-electron chi connectivity index (χ1n) is 7.52. The second-order valence-corrected chi connectivity index (χ2v) is 6.80. The Kier molecular flexibility index (Phi) is 5.81. The fourth-order valence-corrected chi connectivity index (χ4v) is 3.11. The number of nitrogens with one attached hydrogen (secondary N) is 1. The smallest absolute Gasteiger partial charge is 0.241 e. The minimum atomic E-state index is 0.0201. The van der Waals surface area contributed by atoms with Gasteiger partial charge in [-0.15, -0.1) is 0 Å². The highest BCUT2D eigenvalue weighted by Gasteiger charge is 2.39. The molecule has 4 heteroatoms. The molecule has 4 nitrogen and oxygen atoms in total. The van der Waals surface area contributed by atoms with Gasteiger partial charge in [-0.25, -0.2) is 0 Å². The van der Waals surface area contributed by atoms with Gasteiger partial charge >= 0.3 is 0 Å². The summed E-state index contributed by atoms with van der Waals surface area (Å²) in [5.74, 6) is 0.285. The van der Waals surface area contributed by atoms with Crippen molar-refractivity contribution >= 4 is 5.91 Å². The third-order valence-corrected chi connectivity index (χ3v) is 3.66. The average Bonchev–Trinajstić information content (AvgIpc) is 2.55. The van der Waals surface area contributed by atoms with E-state index in [9.17, 15) is 4.79 Å². The van der Waals surface area contributed by atoms with Gasteiger partial charge in [0.2, 0.25) is 5.91 Å². The SMILES string of the molecule is CCCC1NC(CC)C(=O)N1CC(C)(C)CN(C)C. The summed E-state index contributed by atoms with van der Waals surface area (Å²) in [6, 6.07) is 0.0201. The van der Waals surface area contributed by atoms with Crippen molar-refractivity contribution in [3.05, 3.63) is 0 Å². The van der Waals surface area contributed by atoms with Crippen molar-refractivity contribution < 1.29 is 4.79 Å². The Balaban J connectivity index is 2.74. The Morgan fingerprint density at radius 3 is 2.42 bits per heavy atom. The molecule has 1 saturated heterocycles. The monoisotopic (exact) mass is 269 g/mol. The van der Waals surface area contributed by atoms with E-state index in [1.807, 2.05) is 0 Å². The van der Waals surface area contributed by atoms with Gasteiger partial charge in [0.1, 0.15) is 0 Å². The minimum absolute atomic E-state index is 0.0201. The Morgan fingerprint density at radius 1 is 1.32 bits per heavy atom. The standard InChI is InChI=1S/C15H31N3O/c1-7-9-13-16-12(8-2)14(19)18(13)11-15(3,4)10-17(5)6/h12-13,16H,7-11H2,1-6H3. The summed E-state index contributed by atoms with van der Waals surface area (Å²) < 4.78 is 0. The van der Waals surface area contributed by atoms with Crippen LogP contribution in [0, 0.1) is 5.41 Å². The second kappa shape index (κ2) is 6.71. The van der Waals surface area contributed by atoms with Crippen LogP contribution in [-0.4, -0.2) is 55.1 Å². The maximum absolute atomic E-state index is 12.4. The lowest BCUT2D eigenvalue weighted by molar-refractivity contribution is -0.131. The van der Waals surface area contributed by atoms with Gasteiger partial charge in [-0.1, -0.05) is 34.1 Å². The van der Waals surface area contributed by atoms with Gasteiger partial charge in [-0.3, -0.25) is 10.1 Å². The van der Waals surface area contributed by atoms with Crippen molar-refractivity contribution in [3.63, 3.8) is 0 Å². The third kappa shape index (κ3) is 4.46. The van der Waals surface area contributed by atoms with Crippen molar-refractivity contribution in [1.29, 1.82) is 0 Å². The molecule has 0 spiro atoms. The van der Waals surface area contributed by atoms with E-state index in [4.69, 9.17) is 0 Å². The normalized spacial score (nSPS) is 24.6. The summed E-state index contributed by atoms with van der Waals surface area (Å²) >= 11 is 0. The highest BCUT2D eigenvalue weighted by atomic mass is 16.2. The Bertz CT molecular complexity index is 302. The van der Waals surface area contributed by atoms with E-state index < -0.39 is 0 Å². The first kappa shape index (κ1) is 16.4. The fourth-order valence-electron chi connectivity index (χ4n) is 3.11. The molecule has 0 saturated carbocycles. The number of nitrogens with zero attached hydrogens (tertiary/aromatic N) is 2. The van der Waals surface area contributed by atoms with Gasteiger partial charge in [0.15, 0.2) is 0 Å². The average molecular weight is 269 g/mol. The highest BCUT2D eigenvalue weighted by molar-refractivity contribution is 5.84. The van der Waals surface area contributed by atoms with Crippen LogP contribution in [0.15, 0.2) is 0 Å². The number of hydrogen-bond donors (Lipinski definition) is 1. The molecule has 0 aromatic heterocycles. The van der Waals surface area contributed by atoms with Crippen LogP contribution >= 0.6 is 0 Å². The van der Waals surface area contributed by atoms with Crippen LogP contribution in [0.2, 0.25) is 0 Å². The molecule has 0 aliphatic carbocycles. The van der Waals surface area contributed by atoms with Gasteiger partial charge in [-0.05, 0) is 32.4 Å². The summed E-state index contributed by atoms with van der Waals surface area (Å²) in [6.07, 6.45) is 3.25. The zero-order chi connectivity index (χ0) is 14.6. The van der Waals surface area contributed by atoms with Crippen molar-refractivity contribution in [2.75, 3.05) is 27.2 Å². The first-order chi connectivity index (χ1) is 8.80. The van der Waals surface area contributed by atoms with Crippen LogP contribution in [-0.2, 0) is 4.79 Å². The summed E-state index contributed by atoms with van der Waals surface area (Å²) in [5.41, 5.74) is 0.120. The number of amides is 1. The molecule has 1 fully saturated rings. The number of hydrogen-bond acceptors (Lipinski definition) is 3. The predicted octanol–water partition coefficient (Wildman–Crippen LogP) is 1.91. The van der Waals surface area contributed by atoms with E-state index in [1.54, 1.807) is 0 Å². The maximum Gasteiger partial charge on any atom is 0.241 e. The van der Waals surface area contributed by atoms with Crippen LogP contribution in [0.1, 0.15) is 47.0 Å². The molecule has 0 aromatic carbocycles. The van der Waals surface area contributed by atoms with E-state index in [2.05, 4.69) is 56.9 Å². The molecule has 0 aromatic rings. The van der Waals surface area contributed by atoms with E-state index in [1.165, 1.54) is 0 Å². The quantitative estimate of drug-likeness (QED) is 0.767. The van der Waals surface area contributed by atoms with Crippen molar-refractivity contribution in [2.45, 2.75) is 59.2 Å². The second-order valence-electron chi connectivity index (χ2n) is 6.80. The maximum atomic E-state index is 12.4. The van der Waals surface area contributed by atoms with Gasteiger partial charge < -0.3 is 9.80 Å². The lowest BCUT2D eigenvalue weighted by Gasteiger charge is -2.35. The van der Waals surface area contributed by atoms with Gasteiger partial charge in [0.25, 0.3) is 0 Å². The molecular formula is C15H31N3O. The van der Waals surface area contributed by atoms with Crippen LogP contribution in [0.25, 0.3) is 0 Å². The van der Waals surface area contributed by atoms with E-state index in [0.717, 1.165) is 32.4 Å². The highest BCUT2D eigenvalue weighted by Crippen LogP contribution is 2.24. The molecule has 1 rings (SSSR count).